The third-order valence-corrected chi connectivity index (χ3v) is 6.60. The van der Waals surface area contributed by atoms with Crippen molar-refractivity contribution in [3.8, 4) is 0 Å². The van der Waals surface area contributed by atoms with E-state index in [0.29, 0.717) is 32.0 Å². The lowest BCUT2D eigenvalue weighted by molar-refractivity contribution is -0.384. The highest BCUT2D eigenvalue weighted by Crippen LogP contribution is 2.38. The molecule has 2 aromatic rings. The largest absolute Gasteiger partial charge is 0.501 e. The molecule has 0 atom stereocenters. The maximum Gasteiger partial charge on any atom is 0.501 e. The minimum Gasteiger partial charge on any atom is -0.366 e. The van der Waals surface area contributed by atoms with Crippen molar-refractivity contribution < 1.29 is 26.5 Å². The fourth-order valence-corrected chi connectivity index (χ4v) is 4.32. The van der Waals surface area contributed by atoms with Crippen LogP contribution >= 0.6 is 0 Å². The molecule has 1 aromatic carbocycles. The molecule has 0 saturated carbocycles. The highest BCUT2D eigenvalue weighted by Gasteiger charge is 2.47. The van der Waals surface area contributed by atoms with Gasteiger partial charge in [0.15, 0.2) is 0 Å². The average Bonchev–Trinajstić information content (AvgIpc) is 3.17. The van der Waals surface area contributed by atoms with E-state index in [2.05, 4.69) is 10.2 Å². The average molecular weight is 447 g/mol. The van der Waals surface area contributed by atoms with E-state index >= 15 is 0 Å². The summed E-state index contributed by atoms with van der Waals surface area (Å²) in [4.78, 5) is 11.1. The normalized spacial score (nSPS) is 16.3. The number of anilines is 1. The van der Waals surface area contributed by atoms with E-state index in [9.17, 15) is 31.7 Å². The predicted molar refractivity (Wildman–Crippen MR) is 101 cm³/mol. The van der Waals surface area contributed by atoms with Crippen LogP contribution < -0.4 is 4.90 Å². The summed E-state index contributed by atoms with van der Waals surface area (Å²) in [6.45, 7) is 4.81. The van der Waals surface area contributed by atoms with E-state index in [0.717, 1.165) is 18.0 Å². The Labute approximate surface area is 170 Å². The third kappa shape index (κ3) is 3.98. The number of nitro benzene ring substituents is 1. The topological polar surface area (TPSA) is 111 Å². The first-order chi connectivity index (χ1) is 13.9. The van der Waals surface area contributed by atoms with Gasteiger partial charge < -0.3 is 9.47 Å². The molecule has 0 spiro atoms. The predicted octanol–water partition coefficient (Wildman–Crippen LogP) is 3.44. The maximum atomic E-state index is 12.8. The van der Waals surface area contributed by atoms with Crippen LogP contribution in [-0.2, 0) is 9.84 Å². The summed E-state index contributed by atoms with van der Waals surface area (Å²) in [6.07, 6.45) is 2.88. The fourth-order valence-electron chi connectivity index (χ4n) is 3.54. The molecule has 164 valence electrons. The molecule has 1 aliphatic rings. The van der Waals surface area contributed by atoms with Gasteiger partial charge in [0, 0.05) is 31.1 Å². The summed E-state index contributed by atoms with van der Waals surface area (Å²) in [5.41, 5.74) is -6.12. The Kier molecular flexibility index (Phi) is 5.76. The first kappa shape index (κ1) is 22.0. The van der Waals surface area contributed by atoms with Gasteiger partial charge in [0.25, 0.3) is 15.5 Å². The van der Waals surface area contributed by atoms with E-state index in [4.69, 9.17) is 0 Å². The number of sulfone groups is 1. The molecule has 0 radical (unpaired) electrons. The minimum atomic E-state index is -5.67. The standard InChI is InChI=1S/C17H20F3N5O4S/c1-11(2)24-10-21-22-16(24)12-5-7-23(8-6-12)14-4-3-13(9-15(14)25(26)27)30(28,29)17(18,19)20/h3-4,9-12H,5-8H2,1-2H3. The molecule has 0 aliphatic carbocycles. The molecule has 30 heavy (non-hydrogen) atoms. The minimum absolute atomic E-state index is 0.0879. The first-order valence-electron chi connectivity index (χ1n) is 9.17. The summed E-state index contributed by atoms with van der Waals surface area (Å²) < 4.78 is 63.5. The Hall–Kier alpha value is -2.70. The summed E-state index contributed by atoms with van der Waals surface area (Å²) >= 11 is 0. The number of rotatable bonds is 5. The summed E-state index contributed by atoms with van der Waals surface area (Å²) in [7, 11) is -5.67. The lowest BCUT2D eigenvalue weighted by Crippen LogP contribution is -2.34. The van der Waals surface area contributed by atoms with Crippen LogP contribution in [0, 0.1) is 10.1 Å². The monoisotopic (exact) mass is 447 g/mol. The molecular formula is C17H20F3N5O4S. The fraction of sp³-hybridized carbons (Fsp3) is 0.529. The van der Waals surface area contributed by atoms with Gasteiger partial charge in [-0.05, 0) is 38.8 Å². The van der Waals surface area contributed by atoms with E-state index < -0.39 is 30.9 Å². The van der Waals surface area contributed by atoms with Gasteiger partial charge in [0.1, 0.15) is 17.8 Å². The number of nitrogens with zero attached hydrogens (tertiary/aromatic N) is 5. The molecule has 0 unspecified atom stereocenters. The Balaban J connectivity index is 1.85. The Morgan fingerprint density at radius 1 is 1.23 bits per heavy atom. The van der Waals surface area contributed by atoms with Gasteiger partial charge >= 0.3 is 5.51 Å². The van der Waals surface area contributed by atoms with Crippen LogP contribution in [0.15, 0.2) is 29.4 Å². The van der Waals surface area contributed by atoms with Crippen LogP contribution in [0.25, 0.3) is 0 Å². The van der Waals surface area contributed by atoms with Crippen molar-refractivity contribution in [2.24, 2.45) is 0 Å². The molecular weight excluding hydrogens is 427 g/mol. The van der Waals surface area contributed by atoms with Crippen molar-refractivity contribution in [3.63, 3.8) is 0 Å². The maximum absolute atomic E-state index is 12.8. The SMILES string of the molecule is CC(C)n1cnnc1C1CCN(c2ccc(S(=O)(=O)C(F)(F)F)cc2[N+](=O)[O-])CC1. The van der Waals surface area contributed by atoms with Gasteiger partial charge in [-0.2, -0.15) is 13.2 Å². The van der Waals surface area contributed by atoms with Crippen LogP contribution in [0.1, 0.15) is 44.5 Å². The summed E-state index contributed by atoms with van der Waals surface area (Å²) in [5.74, 6) is 0.917. The Bertz CT molecular complexity index is 1040. The second-order valence-electron chi connectivity index (χ2n) is 7.31. The number of nitro groups is 1. The van der Waals surface area contributed by atoms with E-state index in [1.807, 2.05) is 18.4 Å². The zero-order chi connectivity index (χ0) is 22.3. The van der Waals surface area contributed by atoms with E-state index in [-0.39, 0.29) is 17.6 Å². The molecule has 1 saturated heterocycles. The lowest BCUT2D eigenvalue weighted by atomic mass is 9.95. The second kappa shape index (κ2) is 7.85. The summed E-state index contributed by atoms with van der Waals surface area (Å²) in [6, 6.07) is 2.47. The summed E-state index contributed by atoms with van der Waals surface area (Å²) in [5, 5.41) is 19.6. The van der Waals surface area contributed by atoms with Crippen LogP contribution in [0.2, 0.25) is 0 Å². The van der Waals surface area contributed by atoms with Crippen molar-refractivity contribution >= 4 is 21.2 Å². The number of hydrogen-bond donors (Lipinski definition) is 0. The van der Waals surface area contributed by atoms with Crippen molar-refractivity contribution in [2.45, 2.75) is 49.1 Å². The molecule has 1 aromatic heterocycles. The van der Waals surface area contributed by atoms with Crippen LogP contribution in [0.5, 0.6) is 0 Å². The molecule has 2 heterocycles. The number of halogens is 3. The Morgan fingerprint density at radius 2 is 1.87 bits per heavy atom. The van der Waals surface area contributed by atoms with Crippen molar-refractivity contribution in [3.05, 3.63) is 40.5 Å². The molecule has 3 rings (SSSR count). The zero-order valence-electron chi connectivity index (χ0n) is 16.2. The smallest absolute Gasteiger partial charge is 0.366 e. The third-order valence-electron chi connectivity index (χ3n) is 5.12. The van der Waals surface area contributed by atoms with Gasteiger partial charge in [0.05, 0.1) is 9.82 Å². The zero-order valence-corrected chi connectivity index (χ0v) is 17.0. The molecule has 13 heteroatoms. The van der Waals surface area contributed by atoms with Crippen molar-refractivity contribution in [1.29, 1.82) is 0 Å². The molecule has 9 nitrogen and oxygen atoms in total. The van der Waals surface area contributed by atoms with Crippen molar-refractivity contribution in [1.82, 2.24) is 14.8 Å². The number of piperidine rings is 1. The highest BCUT2D eigenvalue weighted by atomic mass is 32.2. The van der Waals surface area contributed by atoms with E-state index in [1.54, 1.807) is 11.2 Å². The molecule has 1 aliphatic heterocycles. The van der Waals surface area contributed by atoms with Gasteiger partial charge in [-0.1, -0.05) is 0 Å². The molecule has 0 bridgehead atoms. The Morgan fingerprint density at radius 3 is 2.40 bits per heavy atom. The number of alkyl halides is 3. The van der Waals surface area contributed by atoms with Gasteiger partial charge in [-0.25, -0.2) is 8.42 Å². The highest BCUT2D eigenvalue weighted by molar-refractivity contribution is 7.92. The molecule has 1 fully saturated rings. The molecule has 0 N–H and O–H groups in total. The molecule has 0 amide bonds. The first-order valence-corrected chi connectivity index (χ1v) is 10.7. The van der Waals surface area contributed by atoms with E-state index in [1.165, 1.54) is 0 Å². The van der Waals surface area contributed by atoms with Crippen LogP contribution in [-0.4, -0.2) is 46.7 Å². The van der Waals surface area contributed by atoms with Gasteiger partial charge in [-0.3, -0.25) is 10.1 Å². The number of hydrogen-bond acceptors (Lipinski definition) is 7. The lowest BCUT2D eigenvalue weighted by Gasteiger charge is -2.33. The van der Waals surface area contributed by atoms with Gasteiger partial charge in [-0.15, -0.1) is 10.2 Å². The second-order valence-corrected chi connectivity index (χ2v) is 9.25. The number of benzene rings is 1. The number of aromatic nitrogens is 3. The quantitative estimate of drug-likeness (QED) is 0.510. The van der Waals surface area contributed by atoms with Gasteiger partial charge in [0.2, 0.25) is 0 Å². The van der Waals surface area contributed by atoms with Crippen LogP contribution in [0.4, 0.5) is 24.5 Å². The van der Waals surface area contributed by atoms with Crippen LogP contribution in [0.3, 0.4) is 0 Å². The van der Waals surface area contributed by atoms with Crippen molar-refractivity contribution in [2.75, 3.05) is 18.0 Å².